The molecule has 0 saturated carbocycles. The van der Waals surface area contributed by atoms with E-state index in [9.17, 15) is 4.79 Å². The van der Waals surface area contributed by atoms with E-state index in [-0.39, 0.29) is 5.91 Å². The number of amides is 1. The lowest BCUT2D eigenvalue weighted by Crippen LogP contribution is -2.09. The summed E-state index contributed by atoms with van der Waals surface area (Å²) >= 11 is 1.43. The molecular weight excluding hydrogens is 340 g/mol. The van der Waals surface area contributed by atoms with Crippen LogP contribution in [0, 0.1) is 0 Å². The highest BCUT2D eigenvalue weighted by Crippen LogP contribution is 2.28. The van der Waals surface area contributed by atoms with E-state index in [0.29, 0.717) is 4.88 Å². The molecule has 4 rings (SSSR count). The van der Waals surface area contributed by atoms with Gasteiger partial charge in [0.15, 0.2) is 0 Å². The van der Waals surface area contributed by atoms with E-state index in [2.05, 4.69) is 35.4 Å². The molecule has 1 N–H and O–H groups in total. The zero-order chi connectivity index (χ0) is 17.9. The molecule has 2 heterocycles. The number of anilines is 1. The van der Waals surface area contributed by atoms with Crippen molar-refractivity contribution in [2.24, 2.45) is 0 Å². The molecule has 0 aliphatic rings. The minimum Gasteiger partial charge on any atom is -0.321 e. The van der Waals surface area contributed by atoms with Crippen LogP contribution in [-0.4, -0.2) is 10.9 Å². The van der Waals surface area contributed by atoms with Crippen LogP contribution in [0.25, 0.3) is 21.1 Å². The van der Waals surface area contributed by atoms with Gasteiger partial charge in [0.2, 0.25) is 0 Å². The van der Waals surface area contributed by atoms with Crippen LogP contribution in [0.2, 0.25) is 0 Å². The maximum absolute atomic E-state index is 12.6. The van der Waals surface area contributed by atoms with E-state index >= 15 is 0 Å². The van der Waals surface area contributed by atoms with E-state index in [1.807, 2.05) is 42.5 Å². The van der Waals surface area contributed by atoms with Crippen LogP contribution in [-0.2, 0) is 6.42 Å². The third-order valence-electron chi connectivity index (χ3n) is 4.46. The molecule has 130 valence electrons. The maximum Gasteiger partial charge on any atom is 0.265 e. The molecule has 0 atom stereocenters. The summed E-state index contributed by atoms with van der Waals surface area (Å²) in [6.07, 6.45) is 3.46. The normalized spacial score (nSPS) is 11.1. The molecule has 0 unspecified atom stereocenters. The number of pyridine rings is 1. The van der Waals surface area contributed by atoms with Crippen LogP contribution in [0.3, 0.4) is 0 Å². The van der Waals surface area contributed by atoms with Crippen LogP contribution < -0.4 is 5.32 Å². The van der Waals surface area contributed by atoms with Crippen molar-refractivity contribution in [2.75, 3.05) is 5.32 Å². The van der Waals surface area contributed by atoms with Crippen molar-refractivity contribution in [3.05, 3.63) is 71.1 Å². The van der Waals surface area contributed by atoms with Crippen molar-refractivity contribution in [3.8, 4) is 0 Å². The van der Waals surface area contributed by atoms with Gasteiger partial charge in [-0.05, 0) is 48.7 Å². The van der Waals surface area contributed by atoms with Crippen LogP contribution >= 0.6 is 11.3 Å². The van der Waals surface area contributed by atoms with Crippen molar-refractivity contribution < 1.29 is 4.79 Å². The average Bonchev–Trinajstić information content (AvgIpc) is 3.08. The Labute approximate surface area is 156 Å². The smallest absolute Gasteiger partial charge is 0.265 e. The minimum atomic E-state index is -0.0848. The van der Waals surface area contributed by atoms with Crippen molar-refractivity contribution in [2.45, 2.75) is 26.2 Å². The van der Waals surface area contributed by atoms with Crippen molar-refractivity contribution in [1.29, 1.82) is 0 Å². The fourth-order valence-corrected chi connectivity index (χ4v) is 3.93. The topological polar surface area (TPSA) is 42.0 Å². The van der Waals surface area contributed by atoms with Gasteiger partial charge in [-0.2, -0.15) is 0 Å². The summed E-state index contributed by atoms with van der Waals surface area (Å²) in [5.41, 5.74) is 3.09. The number of unbranched alkanes of at least 4 members (excludes halogenated alkanes) is 1. The average molecular weight is 360 g/mol. The summed E-state index contributed by atoms with van der Waals surface area (Å²) in [5, 5.41) is 5.09. The van der Waals surface area contributed by atoms with E-state index in [1.54, 1.807) is 0 Å². The minimum absolute atomic E-state index is 0.0848. The molecule has 2 aromatic carbocycles. The highest BCUT2D eigenvalue weighted by atomic mass is 32.1. The molecule has 3 nitrogen and oxygen atoms in total. The lowest BCUT2D eigenvalue weighted by Gasteiger charge is -2.05. The molecule has 0 fully saturated rings. The molecule has 0 saturated heterocycles. The molecule has 0 aliphatic carbocycles. The second-order valence-corrected chi connectivity index (χ2v) is 7.47. The number of para-hydroxylation sites is 1. The number of benzene rings is 2. The first-order chi connectivity index (χ1) is 12.7. The fourth-order valence-electron chi connectivity index (χ4n) is 3.01. The number of hydrogen-bond donors (Lipinski definition) is 1. The Morgan fingerprint density at radius 2 is 1.85 bits per heavy atom. The molecule has 4 heteroatoms. The van der Waals surface area contributed by atoms with Crippen molar-refractivity contribution >= 4 is 44.1 Å². The van der Waals surface area contributed by atoms with Crippen LogP contribution in [0.1, 0.15) is 35.0 Å². The molecule has 4 aromatic rings. The number of fused-ring (bicyclic) bond motifs is 2. The SMILES string of the molecule is CCCCc1ccc(NC(=O)c2cc3cc4ccccc4nc3s2)cc1. The highest BCUT2D eigenvalue weighted by molar-refractivity contribution is 7.20. The molecule has 0 bridgehead atoms. The Hall–Kier alpha value is -2.72. The molecular formula is C22H20N2OS. The summed E-state index contributed by atoms with van der Waals surface area (Å²) in [5.74, 6) is -0.0848. The quantitative estimate of drug-likeness (QED) is 0.471. The number of rotatable bonds is 5. The number of carbonyl (C=O) groups is 1. The monoisotopic (exact) mass is 360 g/mol. The Balaban J connectivity index is 1.55. The number of carbonyl (C=O) groups excluding carboxylic acids is 1. The summed E-state index contributed by atoms with van der Waals surface area (Å²) in [6, 6.07) is 20.2. The summed E-state index contributed by atoms with van der Waals surface area (Å²) in [4.78, 5) is 18.8. The zero-order valence-electron chi connectivity index (χ0n) is 14.7. The van der Waals surface area contributed by atoms with E-state index in [1.165, 1.54) is 29.7 Å². The maximum atomic E-state index is 12.6. The summed E-state index contributed by atoms with van der Waals surface area (Å²) < 4.78 is 0. The molecule has 26 heavy (non-hydrogen) atoms. The standard InChI is InChI=1S/C22H20N2OS/c1-2-3-6-15-9-11-18(12-10-15)23-21(25)20-14-17-13-16-7-4-5-8-19(16)24-22(17)26-20/h4-5,7-14H,2-3,6H2,1H3,(H,23,25). The van der Waals surface area contributed by atoms with Gasteiger partial charge in [0.25, 0.3) is 5.91 Å². The number of nitrogens with one attached hydrogen (secondary N) is 1. The molecule has 0 spiro atoms. The van der Waals surface area contributed by atoms with E-state index in [4.69, 9.17) is 0 Å². The number of aryl methyl sites for hydroxylation is 1. The Morgan fingerprint density at radius 3 is 2.65 bits per heavy atom. The number of thiophene rings is 1. The Bertz CT molecular complexity index is 1010. The molecule has 0 radical (unpaired) electrons. The van der Waals surface area contributed by atoms with Gasteiger partial charge in [-0.3, -0.25) is 4.79 Å². The first-order valence-corrected chi connectivity index (χ1v) is 9.74. The highest BCUT2D eigenvalue weighted by Gasteiger charge is 2.12. The number of hydrogen-bond acceptors (Lipinski definition) is 3. The lowest BCUT2D eigenvalue weighted by atomic mass is 10.1. The predicted octanol–water partition coefficient (Wildman–Crippen LogP) is 6.04. The van der Waals surface area contributed by atoms with Gasteiger partial charge in [0, 0.05) is 16.5 Å². The van der Waals surface area contributed by atoms with Gasteiger partial charge >= 0.3 is 0 Å². The number of aromatic nitrogens is 1. The van der Waals surface area contributed by atoms with Crippen molar-refractivity contribution in [1.82, 2.24) is 4.98 Å². The Kier molecular flexibility index (Phi) is 4.67. The molecule has 1 amide bonds. The third-order valence-corrected chi connectivity index (χ3v) is 5.51. The second-order valence-electron chi connectivity index (χ2n) is 6.44. The summed E-state index contributed by atoms with van der Waals surface area (Å²) in [6.45, 7) is 2.19. The van der Waals surface area contributed by atoms with Crippen LogP contribution in [0.15, 0.2) is 60.7 Å². The van der Waals surface area contributed by atoms with Crippen molar-refractivity contribution in [3.63, 3.8) is 0 Å². The molecule has 2 aromatic heterocycles. The van der Waals surface area contributed by atoms with E-state index < -0.39 is 0 Å². The number of nitrogens with zero attached hydrogens (tertiary/aromatic N) is 1. The summed E-state index contributed by atoms with van der Waals surface area (Å²) in [7, 11) is 0. The first kappa shape index (κ1) is 16.7. The predicted molar refractivity (Wildman–Crippen MR) is 110 cm³/mol. The van der Waals surface area contributed by atoms with Gasteiger partial charge in [0.1, 0.15) is 4.83 Å². The van der Waals surface area contributed by atoms with E-state index in [0.717, 1.165) is 33.2 Å². The van der Waals surface area contributed by atoms with Gasteiger partial charge in [-0.15, -0.1) is 11.3 Å². The zero-order valence-corrected chi connectivity index (χ0v) is 15.5. The lowest BCUT2D eigenvalue weighted by molar-refractivity contribution is 0.103. The molecule has 0 aliphatic heterocycles. The third kappa shape index (κ3) is 3.46. The van der Waals surface area contributed by atoms with Gasteiger partial charge < -0.3 is 5.32 Å². The van der Waals surface area contributed by atoms with Gasteiger partial charge in [-0.1, -0.05) is 43.7 Å². The largest absolute Gasteiger partial charge is 0.321 e. The van der Waals surface area contributed by atoms with Gasteiger partial charge in [-0.25, -0.2) is 4.98 Å². The fraction of sp³-hybridized carbons (Fsp3) is 0.182. The Morgan fingerprint density at radius 1 is 1.04 bits per heavy atom. The van der Waals surface area contributed by atoms with Gasteiger partial charge in [0.05, 0.1) is 10.4 Å². The second kappa shape index (κ2) is 7.26. The van der Waals surface area contributed by atoms with Crippen LogP contribution in [0.5, 0.6) is 0 Å². The first-order valence-electron chi connectivity index (χ1n) is 8.92. The van der Waals surface area contributed by atoms with Crippen LogP contribution in [0.4, 0.5) is 5.69 Å².